The van der Waals surface area contributed by atoms with E-state index in [0.717, 1.165) is 25.0 Å². The van der Waals surface area contributed by atoms with Gasteiger partial charge in [-0.2, -0.15) is 0 Å². The molecule has 0 aromatic rings. The number of allylic oxidation sites excluding steroid dienone is 1. The van der Waals surface area contributed by atoms with Gasteiger partial charge >= 0.3 is 0 Å². The second-order valence-electron chi connectivity index (χ2n) is 4.68. The van der Waals surface area contributed by atoms with Crippen LogP contribution in [-0.2, 0) is 4.79 Å². The Morgan fingerprint density at radius 1 is 1.56 bits per heavy atom. The molecule has 0 fully saturated rings. The number of hydrogen-bond acceptors (Lipinski definition) is 2. The molecule has 0 N–H and O–H groups in total. The zero-order valence-corrected chi connectivity index (χ0v) is 10.5. The molecule has 1 rings (SSSR count). The molecular weight excluding hydrogens is 198 g/mol. The van der Waals surface area contributed by atoms with Crippen LogP contribution in [0.15, 0.2) is 12.2 Å². The molecule has 0 saturated heterocycles. The molecule has 1 aliphatic rings. The largest absolute Gasteiger partial charge is 0.309 e. The average Bonchev–Trinajstić information content (AvgIpc) is 2.24. The summed E-state index contributed by atoms with van der Waals surface area (Å²) < 4.78 is 0. The molecule has 0 amide bonds. The lowest BCUT2D eigenvalue weighted by Gasteiger charge is -2.26. The van der Waals surface area contributed by atoms with E-state index in [1.165, 1.54) is 0 Å². The van der Waals surface area contributed by atoms with Crippen molar-refractivity contribution in [1.29, 1.82) is 0 Å². The van der Waals surface area contributed by atoms with Gasteiger partial charge < -0.3 is 4.90 Å². The fraction of sp³-hybridized carbons (Fsp3) is 0.643. The number of nitrogens with zero attached hydrogens (tertiary/aromatic N) is 1. The van der Waals surface area contributed by atoms with Gasteiger partial charge in [0.2, 0.25) is 0 Å². The SMILES string of the molecule is C=C1C(=O)CC#CC1C(CC)CCN(C)C. The predicted octanol–water partition coefficient (Wildman–Crippen LogP) is 2.11. The molecule has 2 unspecified atom stereocenters. The highest BCUT2D eigenvalue weighted by Gasteiger charge is 2.26. The fourth-order valence-electron chi connectivity index (χ4n) is 2.05. The third-order valence-corrected chi connectivity index (χ3v) is 3.18. The zero-order valence-electron chi connectivity index (χ0n) is 10.5. The molecule has 0 aromatic heterocycles. The Morgan fingerprint density at radius 3 is 2.81 bits per heavy atom. The highest BCUT2D eigenvalue weighted by Crippen LogP contribution is 2.28. The lowest BCUT2D eigenvalue weighted by Crippen LogP contribution is -2.25. The second-order valence-corrected chi connectivity index (χ2v) is 4.68. The number of rotatable bonds is 5. The predicted molar refractivity (Wildman–Crippen MR) is 67.0 cm³/mol. The minimum Gasteiger partial charge on any atom is -0.309 e. The van der Waals surface area contributed by atoms with Crippen LogP contribution in [0.5, 0.6) is 0 Å². The van der Waals surface area contributed by atoms with E-state index >= 15 is 0 Å². The number of carbonyl (C=O) groups is 1. The van der Waals surface area contributed by atoms with Crippen LogP contribution in [0.1, 0.15) is 26.2 Å². The van der Waals surface area contributed by atoms with Gasteiger partial charge in [-0.25, -0.2) is 0 Å². The summed E-state index contributed by atoms with van der Waals surface area (Å²) >= 11 is 0. The Hall–Kier alpha value is -1.07. The molecule has 88 valence electrons. The highest BCUT2D eigenvalue weighted by molar-refractivity contribution is 5.98. The fourth-order valence-corrected chi connectivity index (χ4v) is 2.05. The summed E-state index contributed by atoms with van der Waals surface area (Å²) in [7, 11) is 4.14. The van der Waals surface area contributed by atoms with Gasteiger partial charge in [0.05, 0.1) is 12.3 Å². The van der Waals surface area contributed by atoms with E-state index in [1.54, 1.807) is 0 Å². The van der Waals surface area contributed by atoms with E-state index in [1.807, 2.05) is 0 Å². The van der Waals surface area contributed by atoms with Crippen molar-refractivity contribution < 1.29 is 4.79 Å². The van der Waals surface area contributed by atoms with Crippen LogP contribution in [0.2, 0.25) is 0 Å². The van der Waals surface area contributed by atoms with Crippen LogP contribution < -0.4 is 0 Å². The van der Waals surface area contributed by atoms with Crippen molar-refractivity contribution in [2.45, 2.75) is 26.2 Å². The minimum atomic E-state index is 0.0891. The Balaban J connectivity index is 2.67. The number of ketones is 1. The van der Waals surface area contributed by atoms with E-state index in [9.17, 15) is 4.79 Å². The molecule has 0 saturated carbocycles. The second kappa shape index (κ2) is 5.86. The van der Waals surface area contributed by atoms with Crippen molar-refractivity contribution in [2.24, 2.45) is 11.8 Å². The maximum atomic E-state index is 11.6. The van der Waals surface area contributed by atoms with Gasteiger partial charge in [0, 0.05) is 5.57 Å². The Labute approximate surface area is 98.7 Å². The zero-order chi connectivity index (χ0) is 12.1. The van der Waals surface area contributed by atoms with Crippen molar-refractivity contribution >= 4 is 5.78 Å². The topological polar surface area (TPSA) is 20.3 Å². The Morgan fingerprint density at radius 2 is 2.25 bits per heavy atom. The normalized spacial score (nSPS) is 21.9. The summed E-state index contributed by atoms with van der Waals surface area (Å²) in [5.41, 5.74) is 0.726. The van der Waals surface area contributed by atoms with Crippen LogP contribution in [0, 0.1) is 23.7 Å². The van der Waals surface area contributed by atoms with Gasteiger partial charge in [-0.3, -0.25) is 4.79 Å². The lowest BCUT2D eigenvalue weighted by atomic mass is 9.79. The van der Waals surface area contributed by atoms with Gasteiger partial charge in [-0.1, -0.05) is 31.8 Å². The smallest absolute Gasteiger partial charge is 0.171 e. The quantitative estimate of drug-likeness (QED) is 0.521. The first-order chi connectivity index (χ1) is 7.56. The number of hydrogen-bond donors (Lipinski definition) is 0. The van der Waals surface area contributed by atoms with Crippen LogP contribution in [0.3, 0.4) is 0 Å². The minimum absolute atomic E-state index is 0.0891. The highest BCUT2D eigenvalue weighted by atomic mass is 16.1. The first-order valence-corrected chi connectivity index (χ1v) is 5.91. The first-order valence-electron chi connectivity index (χ1n) is 5.91. The molecule has 2 heteroatoms. The van der Waals surface area contributed by atoms with E-state index in [4.69, 9.17) is 0 Å². The van der Waals surface area contributed by atoms with Crippen molar-refractivity contribution in [3.63, 3.8) is 0 Å². The molecular formula is C14H21NO. The van der Waals surface area contributed by atoms with Gasteiger partial charge in [0.1, 0.15) is 0 Å². The number of carbonyl (C=O) groups excluding carboxylic acids is 1. The molecule has 16 heavy (non-hydrogen) atoms. The summed E-state index contributed by atoms with van der Waals surface area (Å²) in [5.74, 6) is 6.81. The molecule has 0 spiro atoms. The standard InChI is InChI=1S/C14H21NO/c1-5-12(9-10-15(3)4)13-7-6-8-14(16)11(13)2/h12-13H,2,5,8-10H2,1,3-4H3. The molecule has 2 nitrogen and oxygen atoms in total. The summed E-state index contributed by atoms with van der Waals surface area (Å²) in [5, 5.41) is 0. The monoisotopic (exact) mass is 219 g/mol. The molecule has 0 aromatic carbocycles. The van der Waals surface area contributed by atoms with E-state index in [-0.39, 0.29) is 11.7 Å². The number of Topliss-reactive ketones (excluding diaryl/α,β-unsaturated/α-hetero) is 1. The van der Waals surface area contributed by atoms with Crippen LogP contribution in [0.4, 0.5) is 0 Å². The first kappa shape index (κ1) is 13.0. The van der Waals surface area contributed by atoms with Crippen molar-refractivity contribution in [1.82, 2.24) is 4.90 Å². The van der Waals surface area contributed by atoms with Gasteiger partial charge in [-0.05, 0) is 33.0 Å². The summed E-state index contributed by atoms with van der Waals surface area (Å²) in [6.45, 7) is 7.11. The Bertz CT molecular complexity index is 332. The van der Waals surface area contributed by atoms with Crippen molar-refractivity contribution in [2.75, 3.05) is 20.6 Å². The molecule has 1 aliphatic carbocycles. The molecule has 0 aliphatic heterocycles. The summed E-state index contributed by atoms with van der Waals surface area (Å²) in [6.07, 6.45) is 2.49. The molecule has 0 radical (unpaired) electrons. The Kier molecular flexibility index (Phi) is 4.76. The maximum absolute atomic E-state index is 11.6. The van der Waals surface area contributed by atoms with Crippen LogP contribution in [-0.4, -0.2) is 31.3 Å². The van der Waals surface area contributed by atoms with Gasteiger partial charge in [0.25, 0.3) is 0 Å². The van der Waals surface area contributed by atoms with Crippen molar-refractivity contribution in [3.8, 4) is 11.8 Å². The maximum Gasteiger partial charge on any atom is 0.171 e. The van der Waals surface area contributed by atoms with Crippen molar-refractivity contribution in [3.05, 3.63) is 12.2 Å². The molecule has 0 heterocycles. The van der Waals surface area contributed by atoms with E-state index in [0.29, 0.717) is 12.3 Å². The van der Waals surface area contributed by atoms with E-state index < -0.39 is 0 Å². The summed E-state index contributed by atoms with van der Waals surface area (Å²) in [6, 6.07) is 0. The summed E-state index contributed by atoms with van der Waals surface area (Å²) in [4.78, 5) is 13.7. The lowest BCUT2D eigenvalue weighted by molar-refractivity contribution is -0.115. The van der Waals surface area contributed by atoms with E-state index in [2.05, 4.69) is 44.3 Å². The van der Waals surface area contributed by atoms with Crippen LogP contribution >= 0.6 is 0 Å². The molecule has 0 bridgehead atoms. The average molecular weight is 219 g/mol. The third-order valence-electron chi connectivity index (χ3n) is 3.18. The third kappa shape index (κ3) is 3.21. The molecule has 2 atom stereocenters. The van der Waals surface area contributed by atoms with Gasteiger partial charge in [0.15, 0.2) is 5.78 Å². The van der Waals surface area contributed by atoms with Gasteiger partial charge in [-0.15, -0.1) is 0 Å². The van der Waals surface area contributed by atoms with Crippen LogP contribution in [0.25, 0.3) is 0 Å².